The van der Waals surface area contributed by atoms with Gasteiger partial charge in [-0.25, -0.2) is 4.98 Å². The third-order valence-corrected chi connectivity index (χ3v) is 6.86. The number of nitrogens with zero attached hydrogens (tertiary/aromatic N) is 2. The van der Waals surface area contributed by atoms with Gasteiger partial charge >= 0.3 is 12.1 Å². The van der Waals surface area contributed by atoms with Crippen molar-refractivity contribution in [1.82, 2.24) is 10.3 Å². The van der Waals surface area contributed by atoms with Gasteiger partial charge in [0.2, 0.25) is 11.5 Å². The Morgan fingerprint density at radius 1 is 1.12 bits per heavy atom. The van der Waals surface area contributed by atoms with Crippen LogP contribution in [0, 0.1) is 5.41 Å². The molecule has 0 bridgehead atoms. The van der Waals surface area contributed by atoms with Crippen molar-refractivity contribution in [3.63, 3.8) is 0 Å². The third-order valence-electron chi connectivity index (χ3n) is 6.86. The zero-order valence-electron chi connectivity index (χ0n) is 18.0. The van der Waals surface area contributed by atoms with Crippen LogP contribution in [0.5, 0.6) is 0 Å². The molecule has 3 aliphatic rings. The maximum Gasteiger partial charge on any atom is 0.449 e. The van der Waals surface area contributed by atoms with Crippen LogP contribution in [-0.4, -0.2) is 42.7 Å². The molecule has 10 heteroatoms. The normalized spacial score (nSPS) is 25.2. The maximum absolute atomic E-state index is 13.6. The molecule has 1 saturated heterocycles. The first-order chi connectivity index (χ1) is 15.2. The Morgan fingerprint density at radius 3 is 2.66 bits per heavy atom. The minimum atomic E-state index is -4.70. The second kappa shape index (κ2) is 8.80. The van der Waals surface area contributed by atoms with Gasteiger partial charge in [-0.3, -0.25) is 14.5 Å². The predicted octanol–water partition coefficient (Wildman–Crippen LogP) is 2.42. The minimum Gasteiger partial charge on any atom is -0.401 e. The number of allylic oxidation sites excluding steroid dienone is 2. The molecule has 174 valence electrons. The van der Waals surface area contributed by atoms with Gasteiger partial charge in [0.1, 0.15) is 5.78 Å². The van der Waals surface area contributed by atoms with Crippen LogP contribution in [0.2, 0.25) is 0 Å². The molecule has 0 aromatic carbocycles. The Balaban J connectivity index is 1.75. The predicted molar refractivity (Wildman–Crippen MR) is 111 cm³/mol. The van der Waals surface area contributed by atoms with E-state index in [4.69, 9.17) is 5.73 Å². The summed E-state index contributed by atoms with van der Waals surface area (Å²) in [7, 11) is 0. The van der Waals surface area contributed by atoms with Crippen molar-refractivity contribution < 1.29 is 27.7 Å². The average molecular weight is 453 g/mol. The summed E-state index contributed by atoms with van der Waals surface area (Å²) in [6, 6.07) is 0.756. The number of nitrogens with two attached hydrogens (primary N) is 1. The molecular weight excluding hydrogens is 423 g/mol. The first kappa shape index (κ1) is 22.7. The molecule has 1 aromatic rings. The Morgan fingerprint density at radius 2 is 1.91 bits per heavy atom. The number of ketones is 2. The number of H-pyrrole nitrogens is 1. The lowest BCUT2D eigenvalue weighted by atomic mass is 9.64. The highest BCUT2D eigenvalue weighted by Crippen LogP contribution is 2.47. The number of aromatic nitrogens is 2. The van der Waals surface area contributed by atoms with Gasteiger partial charge in [-0.1, -0.05) is 11.4 Å². The van der Waals surface area contributed by atoms with Crippen LogP contribution in [0.15, 0.2) is 17.3 Å². The Labute approximate surface area is 184 Å². The number of anilines is 1. The number of Topliss-reactive ketones (excluding diaryl/α,β-unsaturated/α-hetero) is 2. The van der Waals surface area contributed by atoms with Crippen LogP contribution >= 0.6 is 0 Å². The highest BCUT2D eigenvalue weighted by atomic mass is 19.4. The number of hydrogen-bond acceptors (Lipinski definition) is 6. The van der Waals surface area contributed by atoms with Crippen LogP contribution in [0.1, 0.15) is 67.5 Å². The van der Waals surface area contributed by atoms with Crippen LogP contribution in [-0.2, 0) is 11.0 Å². The number of carbonyl (C=O) groups is 2. The van der Waals surface area contributed by atoms with E-state index in [9.17, 15) is 22.8 Å². The number of hydrogen-bond donors (Lipinski definition) is 2. The van der Waals surface area contributed by atoms with Gasteiger partial charge in [0, 0.05) is 30.3 Å². The van der Waals surface area contributed by atoms with Crippen LogP contribution in [0.4, 0.5) is 19.1 Å². The summed E-state index contributed by atoms with van der Waals surface area (Å²) >= 11 is 0. The summed E-state index contributed by atoms with van der Waals surface area (Å²) in [5.74, 6) is -0.522. The van der Waals surface area contributed by atoms with E-state index in [2.05, 4.69) is 15.3 Å². The van der Waals surface area contributed by atoms with Crippen molar-refractivity contribution in [2.24, 2.45) is 11.1 Å². The number of aromatic amines is 1. The van der Waals surface area contributed by atoms with Gasteiger partial charge < -0.3 is 11.1 Å². The van der Waals surface area contributed by atoms with E-state index in [1.807, 2.05) is 0 Å². The minimum absolute atomic E-state index is 0.0188. The average Bonchev–Trinajstić information content (AvgIpc) is 3.06. The van der Waals surface area contributed by atoms with Crippen LogP contribution in [0.3, 0.4) is 0 Å². The van der Waals surface area contributed by atoms with Gasteiger partial charge in [-0.2, -0.15) is 13.2 Å². The van der Waals surface area contributed by atoms with E-state index in [1.165, 1.54) is 0 Å². The SMILES string of the molecule is NC1=C(C(=O)c2cc(C(F)(F)F)nc(N3CCCNCC3)[nH+]2)CCC[C@@]12CCCCC2=O. The fourth-order valence-electron chi connectivity index (χ4n) is 5.11. The topological polar surface area (TPSA) is 102 Å². The Bertz CT molecular complexity index is 938. The fourth-order valence-corrected chi connectivity index (χ4v) is 5.11. The molecule has 2 heterocycles. The first-order valence-electron chi connectivity index (χ1n) is 11.3. The molecule has 4 N–H and O–H groups in total. The van der Waals surface area contributed by atoms with Crippen molar-refractivity contribution in [3.8, 4) is 0 Å². The van der Waals surface area contributed by atoms with Crippen LogP contribution in [0.25, 0.3) is 0 Å². The van der Waals surface area contributed by atoms with E-state index < -0.39 is 23.1 Å². The summed E-state index contributed by atoms with van der Waals surface area (Å²) in [5.41, 5.74) is 4.75. The Hall–Kier alpha value is -2.49. The number of nitrogens with one attached hydrogen (secondary N) is 2. The molecule has 2 aliphatic carbocycles. The first-order valence-corrected chi connectivity index (χ1v) is 11.3. The summed E-state index contributed by atoms with van der Waals surface area (Å²) in [6.07, 6.45) is 0.264. The number of alkyl halides is 3. The molecular formula is C22H29F3N5O2+. The van der Waals surface area contributed by atoms with E-state index in [-0.39, 0.29) is 28.7 Å². The number of halogens is 3. The standard InChI is InChI=1S/C22H28F3N5O2/c23-22(24,25)16-13-15(28-20(29-16)30-11-4-9-27-10-12-30)18(32)14-5-3-8-21(19(14)26)7-2-1-6-17(21)31/h13,27H,1-12,26H2/p+1/t21-/m1/s1. The van der Waals surface area contributed by atoms with Gasteiger partial charge in [0.05, 0.1) is 18.5 Å². The lowest BCUT2D eigenvalue weighted by molar-refractivity contribution is -0.373. The highest BCUT2D eigenvalue weighted by Gasteiger charge is 2.46. The van der Waals surface area contributed by atoms with Gasteiger partial charge in [0.25, 0.3) is 0 Å². The molecule has 0 radical (unpaired) electrons. The summed E-state index contributed by atoms with van der Waals surface area (Å²) in [4.78, 5) is 34.5. The summed E-state index contributed by atoms with van der Waals surface area (Å²) in [5, 5.41) is 3.20. The molecule has 2 fully saturated rings. The quantitative estimate of drug-likeness (QED) is 0.683. The lowest BCUT2D eigenvalue weighted by Crippen LogP contribution is -2.43. The zero-order chi connectivity index (χ0) is 22.9. The number of carbonyl (C=O) groups excluding carboxylic acids is 2. The molecule has 1 aliphatic heterocycles. The molecule has 1 spiro atoms. The molecule has 7 nitrogen and oxygen atoms in total. The van der Waals surface area contributed by atoms with E-state index in [1.54, 1.807) is 4.90 Å². The molecule has 0 amide bonds. The van der Waals surface area contributed by atoms with Crippen molar-refractivity contribution in [2.75, 3.05) is 31.1 Å². The van der Waals surface area contributed by atoms with Crippen molar-refractivity contribution in [1.29, 1.82) is 0 Å². The largest absolute Gasteiger partial charge is 0.449 e. The van der Waals surface area contributed by atoms with Crippen molar-refractivity contribution in [2.45, 2.75) is 57.5 Å². The second-order valence-electron chi connectivity index (χ2n) is 8.88. The third kappa shape index (κ3) is 4.24. The smallest absolute Gasteiger partial charge is 0.401 e. The highest BCUT2D eigenvalue weighted by molar-refractivity contribution is 6.08. The molecule has 1 atom stereocenters. The van der Waals surface area contributed by atoms with Gasteiger partial charge in [-0.15, -0.1) is 0 Å². The Kier molecular flexibility index (Phi) is 6.24. The summed E-state index contributed by atoms with van der Waals surface area (Å²) in [6.45, 7) is 2.37. The molecule has 0 unspecified atom stereocenters. The van der Waals surface area contributed by atoms with E-state index >= 15 is 0 Å². The maximum atomic E-state index is 13.6. The van der Waals surface area contributed by atoms with Crippen LogP contribution < -0.4 is 20.9 Å². The lowest BCUT2D eigenvalue weighted by Gasteiger charge is -2.40. The molecule has 32 heavy (non-hydrogen) atoms. The van der Waals surface area contributed by atoms with E-state index in [0.717, 1.165) is 31.9 Å². The van der Waals surface area contributed by atoms with Crippen molar-refractivity contribution >= 4 is 17.5 Å². The molecule has 1 saturated carbocycles. The number of rotatable bonds is 3. The van der Waals surface area contributed by atoms with E-state index in [0.29, 0.717) is 51.7 Å². The zero-order valence-corrected chi connectivity index (χ0v) is 18.0. The summed E-state index contributed by atoms with van der Waals surface area (Å²) < 4.78 is 40.8. The van der Waals surface area contributed by atoms with Crippen molar-refractivity contribution in [3.05, 3.63) is 28.7 Å². The second-order valence-corrected chi connectivity index (χ2v) is 8.88. The fraction of sp³-hybridized carbons (Fsp3) is 0.636. The van der Waals surface area contributed by atoms with Gasteiger partial charge in [0.15, 0.2) is 5.69 Å². The molecule has 1 aromatic heterocycles. The molecule has 4 rings (SSSR count). The van der Waals surface area contributed by atoms with Gasteiger partial charge in [-0.05, 0) is 45.1 Å². The monoisotopic (exact) mass is 452 g/mol.